The molecule has 0 amide bonds. The Bertz CT molecular complexity index is 352. The van der Waals surface area contributed by atoms with Crippen LogP contribution >= 0.6 is 23.5 Å². The standard InChI is InChI=1S/C10H12F3NS2/c1-7-2-3-8(14)6-9(7)15-4-5-16-10(11,12)13/h2-3,6H,4-5,14H2,1H3. The normalized spacial score (nSPS) is 11.8. The first-order chi connectivity index (χ1) is 7.38. The van der Waals surface area contributed by atoms with E-state index in [0.717, 1.165) is 10.5 Å². The number of alkyl halides is 3. The van der Waals surface area contributed by atoms with Crippen LogP contribution in [0.4, 0.5) is 18.9 Å². The Labute approximate surface area is 101 Å². The first-order valence-corrected chi connectivity index (χ1v) is 6.55. The molecule has 6 heteroatoms. The molecule has 0 saturated carbocycles. The minimum Gasteiger partial charge on any atom is -0.399 e. The number of nitrogen functional groups attached to an aromatic ring is 1. The maximum absolute atomic E-state index is 11.9. The van der Waals surface area contributed by atoms with Gasteiger partial charge in [-0.05, 0) is 24.6 Å². The molecule has 0 aliphatic rings. The van der Waals surface area contributed by atoms with Gasteiger partial charge in [0.25, 0.3) is 0 Å². The maximum Gasteiger partial charge on any atom is 0.441 e. The van der Waals surface area contributed by atoms with Crippen LogP contribution in [0.2, 0.25) is 0 Å². The molecule has 16 heavy (non-hydrogen) atoms. The summed E-state index contributed by atoms with van der Waals surface area (Å²) < 4.78 is 35.6. The molecule has 1 rings (SSSR count). The maximum atomic E-state index is 11.9. The molecule has 90 valence electrons. The first kappa shape index (κ1) is 13.6. The van der Waals surface area contributed by atoms with Crippen molar-refractivity contribution in [3.63, 3.8) is 0 Å². The van der Waals surface area contributed by atoms with Crippen molar-refractivity contribution in [2.24, 2.45) is 0 Å². The summed E-state index contributed by atoms with van der Waals surface area (Å²) in [5, 5.41) is 0. The number of hydrogen-bond acceptors (Lipinski definition) is 3. The number of benzene rings is 1. The van der Waals surface area contributed by atoms with Crippen molar-refractivity contribution in [2.75, 3.05) is 17.2 Å². The summed E-state index contributed by atoms with van der Waals surface area (Å²) in [6, 6.07) is 5.44. The van der Waals surface area contributed by atoms with Gasteiger partial charge in [0.1, 0.15) is 0 Å². The second-order valence-corrected chi connectivity index (χ2v) is 5.46. The Morgan fingerprint density at radius 2 is 1.94 bits per heavy atom. The van der Waals surface area contributed by atoms with Crippen LogP contribution < -0.4 is 5.73 Å². The number of nitrogens with two attached hydrogens (primary N) is 1. The van der Waals surface area contributed by atoms with Gasteiger partial charge in [-0.2, -0.15) is 13.2 Å². The second kappa shape index (κ2) is 5.72. The van der Waals surface area contributed by atoms with Gasteiger partial charge in [-0.15, -0.1) is 11.8 Å². The van der Waals surface area contributed by atoms with E-state index in [1.54, 1.807) is 12.1 Å². The van der Waals surface area contributed by atoms with Crippen LogP contribution in [-0.4, -0.2) is 17.0 Å². The van der Waals surface area contributed by atoms with Crippen LogP contribution in [0, 0.1) is 6.92 Å². The summed E-state index contributed by atoms with van der Waals surface area (Å²) in [5.74, 6) is 0.483. The summed E-state index contributed by atoms with van der Waals surface area (Å²) in [4.78, 5) is 0.947. The minimum absolute atomic E-state index is 0.0108. The van der Waals surface area contributed by atoms with E-state index < -0.39 is 5.51 Å². The molecule has 0 atom stereocenters. The molecule has 1 aromatic rings. The molecular weight excluding hydrogens is 255 g/mol. The van der Waals surface area contributed by atoms with Crippen molar-refractivity contribution in [3.8, 4) is 0 Å². The fourth-order valence-electron chi connectivity index (χ4n) is 1.08. The lowest BCUT2D eigenvalue weighted by atomic mass is 10.2. The van der Waals surface area contributed by atoms with Crippen LogP contribution in [0.1, 0.15) is 5.56 Å². The van der Waals surface area contributed by atoms with Crippen molar-refractivity contribution >= 4 is 29.2 Å². The number of anilines is 1. The summed E-state index contributed by atoms with van der Waals surface area (Å²) >= 11 is 1.41. The van der Waals surface area contributed by atoms with E-state index in [0.29, 0.717) is 11.4 Å². The Balaban J connectivity index is 2.40. The predicted octanol–water partition coefficient (Wildman–Crippen LogP) is 3.92. The summed E-state index contributed by atoms with van der Waals surface area (Å²) in [5.41, 5.74) is 3.14. The summed E-state index contributed by atoms with van der Waals surface area (Å²) in [6.07, 6.45) is 0. The molecule has 0 saturated heterocycles. The van der Waals surface area contributed by atoms with Gasteiger partial charge >= 0.3 is 5.51 Å². The van der Waals surface area contributed by atoms with E-state index in [1.165, 1.54) is 11.8 Å². The van der Waals surface area contributed by atoms with Gasteiger partial charge in [0, 0.05) is 22.1 Å². The average molecular weight is 267 g/mol. The Kier molecular flexibility index (Phi) is 4.86. The van der Waals surface area contributed by atoms with Crippen molar-refractivity contribution in [1.82, 2.24) is 0 Å². The number of aryl methyl sites for hydroxylation is 1. The van der Waals surface area contributed by atoms with Gasteiger partial charge in [0.15, 0.2) is 0 Å². The third-order valence-corrected chi connectivity index (χ3v) is 3.97. The average Bonchev–Trinajstić information content (AvgIpc) is 2.16. The fourth-order valence-corrected chi connectivity index (χ4v) is 2.71. The van der Waals surface area contributed by atoms with E-state index in [-0.39, 0.29) is 17.5 Å². The van der Waals surface area contributed by atoms with Crippen molar-refractivity contribution in [1.29, 1.82) is 0 Å². The van der Waals surface area contributed by atoms with Crippen molar-refractivity contribution in [3.05, 3.63) is 23.8 Å². The number of halogens is 3. The van der Waals surface area contributed by atoms with Gasteiger partial charge in [-0.25, -0.2) is 0 Å². The highest BCUT2D eigenvalue weighted by Gasteiger charge is 2.27. The third kappa shape index (κ3) is 5.03. The SMILES string of the molecule is Cc1ccc(N)cc1SCCSC(F)(F)F. The predicted molar refractivity (Wildman–Crippen MR) is 64.8 cm³/mol. The van der Waals surface area contributed by atoms with E-state index in [1.807, 2.05) is 13.0 Å². The van der Waals surface area contributed by atoms with Gasteiger partial charge in [-0.3, -0.25) is 0 Å². The van der Waals surface area contributed by atoms with E-state index in [2.05, 4.69) is 0 Å². The molecule has 0 aliphatic heterocycles. The molecular formula is C10H12F3NS2. The number of hydrogen-bond donors (Lipinski definition) is 1. The monoisotopic (exact) mass is 267 g/mol. The lowest BCUT2D eigenvalue weighted by Crippen LogP contribution is -2.02. The van der Waals surface area contributed by atoms with Crippen molar-refractivity contribution < 1.29 is 13.2 Å². The van der Waals surface area contributed by atoms with E-state index >= 15 is 0 Å². The lowest BCUT2D eigenvalue weighted by Gasteiger charge is -2.07. The lowest BCUT2D eigenvalue weighted by molar-refractivity contribution is -0.0326. The Morgan fingerprint density at radius 1 is 1.25 bits per heavy atom. The quantitative estimate of drug-likeness (QED) is 0.508. The molecule has 0 unspecified atom stereocenters. The number of rotatable bonds is 4. The zero-order valence-corrected chi connectivity index (χ0v) is 10.3. The molecule has 0 radical (unpaired) electrons. The van der Waals surface area contributed by atoms with Crippen LogP contribution in [0.15, 0.2) is 23.1 Å². The molecule has 2 N–H and O–H groups in total. The Hall–Kier alpha value is -0.490. The highest BCUT2D eigenvalue weighted by molar-refractivity contribution is 8.03. The smallest absolute Gasteiger partial charge is 0.399 e. The van der Waals surface area contributed by atoms with Crippen LogP contribution in [0.5, 0.6) is 0 Å². The molecule has 0 spiro atoms. The fraction of sp³-hybridized carbons (Fsp3) is 0.400. The van der Waals surface area contributed by atoms with Gasteiger partial charge in [-0.1, -0.05) is 17.8 Å². The zero-order valence-electron chi connectivity index (χ0n) is 8.67. The van der Waals surface area contributed by atoms with Crippen molar-refractivity contribution in [2.45, 2.75) is 17.3 Å². The first-order valence-electron chi connectivity index (χ1n) is 4.58. The number of thioether (sulfide) groups is 2. The Morgan fingerprint density at radius 3 is 2.56 bits per heavy atom. The zero-order chi connectivity index (χ0) is 12.2. The third-order valence-electron chi connectivity index (χ3n) is 1.82. The largest absolute Gasteiger partial charge is 0.441 e. The molecule has 0 heterocycles. The van der Waals surface area contributed by atoms with E-state index in [9.17, 15) is 13.2 Å². The molecule has 0 bridgehead atoms. The molecule has 0 fully saturated rings. The van der Waals surface area contributed by atoms with Crippen LogP contribution in [0.25, 0.3) is 0 Å². The van der Waals surface area contributed by atoms with Gasteiger partial charge < -0.3 is 5.73 Å². The summed E-state index contributed by atoms with van der Waals surface area (Å²) in [7, 11) is 0. The minimum atomic E-state index is -4.13. The van der Waals surface area contributed by atoms with Crippen LogP contribution in [0.3, 0.4) is 0 Å². The second-order valence-electron chi connectivity index (χ2n) is 3.17. The van der Waals surface area contributed by atoms with Crippen LogP contribution in [-0.2, 0) is 0 Å². The topological polar surface area (TPSA) is 26.0 Å². The van der Waals surface area contributed by atoms with Gasteiger partial charge in [0.2, 0.25) is 0 Å². The highest BCUT2D eigenvalue weighted by atomic mass is 32.2. The highest BCUT2D eigenvalue weighted by Crippen LogP contribution is 2.32. The van der Waals surface area contributed by atoms with E-state index in [4.69, 9.17) is 5.73 Å². The molecule has 1 nitrogen and oxygen atoms in total. The molecule has 0 aliphatic carbocycles. The van der Waals surface area contributed by atoms with Gasteiger partial charge in [0.05, 0.1) is 0 Å². The molecule has 0 aromatic heterocycles. The molecule has 1 aromatic carbocycles. The summed E-state index contributed by atoms with van der Waals surface area (Å²) in [6.45, 7) is 1.92.